The summed E-state index contributed by atoms with van der Waals surface area (Å²) in [6.45, 7) is 0.209. The Hall–Kier alpha value is -1.41. The molecule has 5 nitrogen and oxygen atoms in total. The third kappa shape index (κ3) is 3.62. The zero-order chi connectivity index (χ0) is 15.6. The Balaban J connectivity index is 2.22. The molecule has 0 aliphatic carbocycles. The van der Waals surface area contributed by atoms with E-state index in [9.17, 15) is 13.2 Å². The number of rotatable bonds is 5. The van der Waals surface area contributed by atoms with Crippen molar-refractivity contribution in [3.8, 4) is 0 Å². The fourth-order valence-electron chi connectivity index (χ4n) is 1.69. The van der Waals surface area contributed by atoms with Crippen molar-refractivity contribution in [1.82, 2.24) is 4.31 Å². The number of halogens is 1. The molecule has 0 aliphatic heterocycles. The standard InChI is InChI=1S/C13H12ClNO4S2/c1-15(8-10-4-7-12(14)20-10)21(18,19)11-5-2-9(3-6-11)13(16)17/h2-7H,8H2,1H3,(H,16,17). The normalized spacial score (nSPS) is 11.8. The third-order valence-electron chi connectivity index (χ3n) is 2.82. The van der Waals surface area contributed by atoms with Crippen molar-refractivity contribution in [1.29, 1.82) is 0 Å². The molecule has 2 rings (SSSR count). The summed E-state index contributed by atoms with van der Waals surface area (Å²) in [5, 5.41) is 8.81. The van der Waals surface area contributed by atoms with Crippen molar-refractivity contribution < 1.29 is 18.3 Å². The molecule has 1 aromatic heterocycles. The molecule has 0 saturated carbocycles. The topological polar surface area (TPSA) is 74.7 Å². The summed E-state index contributed by atoms with van der Waals surface area (Å²) in [6, 6.07) is 8.60. The van der Waals surface area contributed by atoms with E-state index in [1.807, 2.05) is 0 Å². The first-order valence-electron chi connectivity index (χ1n) is 5.84. The number of thiophene rings is 1. The van der Waals surface area contributed by atoms with Crippen molar-refractivity contribution in [2.75, 3.05) is 7.05 Å². The van der Waals surface area contributed by atoms with Gasteiger partial charge in [-0.3, -0.25) is 0 Å². The minimum atomic E-state index is -3.67. The maximum Gasteiger partial charge on any atom is 0.335 e. The molecule has 2 aromatic rings. The predicted molar refractivity (Wildman–Crippen MR) is 81.4 cm³/mol. The molecular formula is C13H12ClNO4S2. The number of carboxylic acids is 1. The number of sulfonamides is 1. The van der Waals surface area contributed by atoms with Crippen molar-refractivity contribution in [2.24, 2.45) is 0 Å². The Labute approximate surface area is 131 Å². The molecule has 0 atom stereocenters. The van der Waals surface area contributed by atoms with Crippen LogP contribution in [0.1, 0.15) is 15.2 Å². The van der Waals surface area contributed by atoms with Crippen LogP contribution in [-0.2, 0) is 16.6 Å². The summed E-state index contributed by atoms with van der Waals surface area (Å²) in [5.74, 6) is -1.10. The maximum absolute atomic E-state index is 12.4. The van der Waals surface area contributed by atoms with Gasteiger partial charge in [0.05, 0.1) is 14.8 Å². The van der Waals surface area contributed by atoms with Gasteiger partial charge in [0.2, 0.25) is 10.0 Å². The van der Waals surface area contributed by atoms with Crippen LogP contribution in [0.2, 0.25) is 4.34 Å². The first-order valence-corrected chi connectivity index (χ1v) is 8.48. The van der Waals surface area contributed by atoms with Crippen LogP contribution >= 0.6 is 22.9 Å². The number of aromatic carboxylic acids is 1. The van der Waals surface area contributed by atoms with Gasteiger partial charge in [-0.05, 0) is 36.4 Å². The average molecular weight is 346 g/mol. The van der Waals surface area contributed by atoms with E-state index < -0.39 is 16.0 Å². The minimum absolute atomic E-state index is 0.0432. The van der Waals surface area contributed by atoms with E-state index >= 15 is 0 Å². The Morgan fingerprint density at radius 2 is 1.86 bits per heavy atom. The highest BCUT2D eigenvalue weighted by molar-refractivity contribution is 7.89. The maximum atomic E-state index is 12.4. The molecule has 0 radical (unpaired) electrons. The third-order valence-corrected chi connectivity index (χ3v) is 5.85. The molecule has 0 spiro atoms. The summed E-state index contributed by atoms with van der Waals surface area (Å²) in [4.78, 5) is 11.6. The van der Waals surface area contributed by atoms with Crippen LogP contribution in [0.3, 0.4) is 0 Å². The van der Waals surface area contributed by atoms with Gasteiger partial charge in [-0.2, -0.15) is 4.31 Å². The molecule has 8 heteroatoms. The lowest BCUT2D eigenvalue weighted by atomic mass is 10.2. The number of hydrogen-bond acceptors (Lipinski definition) is 4. The molecule has 1 N–H and O–H groups in total. The van der Waals surface area contributed by atoms with Gasteiger partial charge >= 0.3 is 5.97 Å². The minimum Gasteiger partial charge on any atom is -0.478 e. The van der Waals surface area contributed by atoms with E-state index in [2.05, 4.69) is 0 Å². The van der Waals surface area contributed by atoms with Gasteiger partial charge in [-0.15, -0.1) is 11.3 Å². The lowest BCUT2D eigenvalue weighted by Crippen LogP contribution is -2.26. The van der Waals surface area contributed by atoms with Crippen molar-refractivity contribution in [2.45, 2.75) is 11.4 Å². The molecule has 21 heavy (non-hydrogen) atoms. The molecule has 0 aliphatic rings. The van der Waals surface area contributed by atoms with Crippen LogP contribution in [0.4, 0.5) is 0 Å². The highest BCUT2D eigenvalue weighted by Crippen LogP contribution is 2.24. The van der Waals surface area contributed by atoms with Crippen LogP contribution in [0.5, 0.6) is 0 Å². The summed E-state index contributed by atoms with van der Waals surface area (Å²) in [5.41, 5.74) is 0.0432. The van der Waals surface area contributed by atoms with E-state index in [0.29, 0.717) is 4.34 Å². The lowest BCUT2D eigenvalue weighted by Gasteiger charge is -2.16. The van der Waals surface area contributed by atoms with Gasteiger partial charge in [0.15, 0.2) is 0 Å². The van der Waals surface area contributed by atoms with Gasteiger partial charge < -0.3 is 5.11 Å². The SMILES string of the molecule is CN(Cc1ccc(Cl)s1)S(=O)(=O)c1ccc(C(=O)O)cc1. The fourth-order valence-corrected chi connectivity index (χ4v) is 4.06. The van der Waals surface area contributed by atoms with E-state index in [4.69, 9.17) is 16.7 Å². The Morgan fingerprint density at radius 3 is 2.33 bits per heavy atom. The van der Waals surface area contributed by atoms with Crippen molar-refractivity contribution >= 4 is 38.9 Å². The first kappa shape index (κ1) is 16.0. The number of benzene rings is 1. The summed E-state index contributed by atoms with van der Waals surface area (Å²) < 4.78 is 26.5. The molecule has 0 unspecified atom stereocenters. The zero-order valence-electron chi connectivity index (χ0n) is 11.0. The van der Waals surface area contributed by atoms with Crippen molar-refractivity contribution in [3.05, 3.63) is 51.2 Å². The Kier molecular flexibility index (Phi) is 4.67. The second-order valence-electron chi connectivity index (χ2n) is 4.30. The fraction of sp³-hybridized carbons (Fsp3) is 0.154. The molecule has 0 fully saturated rings. The van der Waals surface area contributed by atoms with E-state index in [-0.39, 0.29) is 17.0 Å². The first-order chi connectivity index (χ1) is 9.80. The number of hydrogen-bond donors (Lipinski definition) is 1. The van der Waals surface area contributed by atoms with Gasteiger partial charge in [0.25, 0.3) is 0 Å². The van der Waals surface area contributed by atoms with Gasteiger partial charge in [0, 0.05) is 18.5 Å². The molecular weight excluding hydrogens is 334 g/mol. The Bertz CT molecular complexity index is 753. The summed E-state index contributed by atoms with van der Waals surface area (Å²) in [6.07, 6.45) is 0. The zero-order valence-corrected chi connectivity index (χ0v) is 13.4. The van der Waals surface area contributed by atoms with Gasteiger partial charge in [-0.25, -0.2) is 13.2 Å². The average Bonchev–Trinajstić information content (AvgIpc) is 2.84. The van der Waals surface area contributed by atoms with Crippen LogP contribution < -0.4 is 0 Å². The van der Waals surface area contributed by atoms with Crippen LogP contribution in [0.15, 0.2) is 41.3 Å². The van der Waals surface area contributed by atoms with Crippen LogP contribution in [0.25, 0.3) is 0 Å². The quantitative estimate of drug-likeness (QED) is 0.904. The molecule has 1 heterocycles. The van der Waals surface area contributed by atoms with Crippen LogP contribution in [0, 0.1) is 0 Å². The highest BCUT2D eigenvalue weighted by Gasteiger charge is 2.21. The second-order valence-corrected chi connectivity index (χ2v) is 8.14. The second kappa shape index (κ2) is 6.15. The molecule has 0 amide bonds. The lowest BCUT2D eigenvalue weighted by molar-refractivity contribution is 0.0696. The molecule has 112 valence electrons. The monoisotopic (exact) mass is 345 g/mol. The van der Waals surface area contributed by atoms with Gasteiger partial charge in [-0.1, -0.05) is 11.6 Å². The summed E-state index contributed by atoms with van der Waals surface area (Å²) in [7, 11) is -2.20. The largest absolute Gasteiger partial charge is 0.478 e. The van der Waals surface area contributed by atoms with Crippen molar-refractivity contribution in [3.63, 3.8) is 0 Å². The Morgan fingerprint density at radius 1 is 1.24 bits per heavy atom. The van der Waals surface area contributed by atoms with E-state index in [1.54, 1.807) is 12.1 Å². The smallest absolute Gasteiger partial charge is 0.335 e. The number of nitrogens with zero attached hydrogens (tertiary/aromatic N) is 1. The number of carbonyl (C=O) groups is 1. The predicted octanol–water partition coefficient (Wildman–Crippen LogP) is 2.92. The van der Waals surface area contributed by atoms with E-state index in [1.165, 1.54) is 47.0 Å². The molecule has 1 aromatic carbocycles. The van der Waals surface area contributed by atoms with Crippen LogP contribution in [-0.4, -0.2) is 30.8 Å². The highest BCUT2D eigenvalue weighted by atomic mass is 35.5. The molecule has 0 saturated heterocycles. The van der Waals surface area contributed by atoms with Gasteiger partial charge in [0.1, 0.15) is 0 Å². The summed E-state index contributed by atoms with van der Waals surface area (Å²) >= 11 is 7.13. The molecule has 0 bridgehead atoms. The van der Waals surface area contributed by atoms with E-state index in [0.717, 1.165) is 4.88 Å². The number of carboxylic acid groups (broad SMARTS) is 1.